The second kappa shape index (κ2) is 5.50. The van der Waals surface area contributed by atoms with Crippen LogP contribution in [0.2, 0.25) is 5.02 Å². The molecule has 4 nitrogen and oxygen atoms in total. The molecule has 1 heterocycles. The van der Waals surface area contributed by atoms with Gasteiger partial charge in [-0.3, -0.25) is 4.79 Å². The lowest BCUT2D eigenvalue weighted by atomic mass is 9.92. The largest absolute Gasteiger partial charge is 0.369 e. The number of nitrogens with zero attached hydrogens (tertiary/aromatic N) is 2. The van der Waals surface area contributed by atoms with Crippen molar-refractivity contribution in [2.75, 3.05) is 11.4 Å². The summed E-state index contributed by atoms with van der Waals surface area (Å²) in [7, 11) is 0. The first kappa shape index (κ1) is 13.7. The minimum atomic E-state index is -0.262. The van der Waals surface area contributed by atoms with Gasteiger partial charge in [-0.1, -0.05) is 11.6 Å². The third-order valence-corrected chi connectivity index (χ3v) is 3.97. The molecule has 0 aliphatic carbocycles. The third kappa shape index (κ3) is 2.82. The van der Waals surface area contributed by atoms with Gasteiger partial charge >= 0.3 is 0 Å². The summed E-state index contributed by atoms with van der Waals surface area (Å²) in [6.07, 6.45) is 1.73. The minimum absolute atomic E-state index is 0.136. The summed E-state index contributed by atoms with van der Waals surface area (Å²) in [4.78, 5) is 13.4. The highest BCUT2D eigenvalue weighted by Crippen LogP contribution is 2.33. The Bertz CT molecular complexity index is 538. The second-order valence-electron chi connectivity index (χ2n) is 4.96. The Morgan fingerprint density at radius 1 is 1.53 bits per heavy atom. The molecule has 1 aliphatic heterocycles. The van der Waals surface area contributed by atoms with Crippen molar-refractivity contribution in [2.45, 2.75) is 25.8 Å². The van der Waals surface area contributed by atoms with E-state index in [1.807, 2.05) is 6.07 Å². The fourth-order valence-electron chi connectivity index (χ4n) is 2.48. The first-order valence-corrected chi connectivity index (χ1v) is 6.66. The molecule has 2 N–H and O–H groups in total. The maximum Gasteiger partial charge on any atom is 0.222 e. The molecule has 1 aliphatic rings. The van der Waals surface area contributed by atoms with Crippen LogP contribution in [-0.2, 0) is 4.79 Å². The SMILES string of the molecule is CC1CCC(C(N)=O)CN1c1ccc(C#N)cc1Cl. The zero-order chi connectivity index (χ0) is 14.0. The van der Waals surface area contributed by atoms with Crippen molar-refractivity contribution >= 4 is 23.2 Å². The quantitative estimate of drug-likeness (QED) is 0.902. The van der Waals surface area contributed by atoms with Gasteiger partial charge < -0.3 is 10.6 Å². The maximum atomic E-state index is 11.3. The van der Waals surface area contributed by atoms with Crippen LogP contribution in [0.4, 0.5) is 5.69 Å². The number of hydrogen-bond donors (Lipinski definition) is 1. The van der Waals surface area contributed by atoms with Gasteiger partial charge in [0.25, 0.3) is 0 Å². The molecule has 0 radical (unpaired) electrons. The molecule has 1 aromatic rings. The summed E-state index contributed by atoms with van der Waals surface area (Å²) in [5.74, 6) is -0.399. The molecule has 0 aromatic heterocycles. The van der Waals surface area contributed by atoms with Crippen LogP contribution in [0.25, 0.3) is 0 Å². The van der Waals surface area contributed by atoms with Crippen molar-refractivity contribution in [3.63, 3.8) is 0 Å². The predicted octanol–water partition coefficient (Wildman–Crippen LogP) is 2.30. The van der Waals surface area contributed by atoms with E-state index in [1.165, 1.54) is 0 Å². The molecular formula is C14H16ClN3O. The van der Waals surface area contributed by atoms with E-state index in [9.17, 15) is 4.79 Å². The van der Waals surface area contributed by atoms with E-state index in [0.717, 1.165) is 18.5 Å². The van der Waals surface area contributed by atoms with Gasteiger partial charge in [0.1, 0.15) is 0 Å². The molecule has 100 valence electrons. The second-order valence-corrected chi connectivity index (χ2v) is 5.36. The lowest BCUT2D eigenvalue weighted by molar-refractivity contribution is -0.122. The maximum absolute atomic E-state index is 11.3. The molecule has 2 rings (SSSR count). The number of anilines is 1. The van der Waals surface area contributed by atoms with Crippen LogP contribution in [0.5, 0.6) is 0 Å². The molecule has 0 bridgehead atoms. The molecule has 5 heteroatoms. The number of hydrogen-bond acceptors (Lipinski definition) is 3. The smallest absolute Gasteiger partial charge is 0.222 e. The summed E-state index contributed by atoms with van der Waals surface area (Å²) in [5.41, 5.74) is 6.79. The van der Waals surface area contributed by atoms with Gasteiger partial charge in [-0.15, -0.1) is 0 Å². The topological polar surface area (TPSA) is 70.1 Å². The van der Waals surface area contributed by atoms with Crippen molar-refractivity contribution in [3.8, 4) is 6.07 Å². The summed E-state index contributed by atoms with van der Waals surface area (Å²) >= 11 is 6.23. The van der Waals surface area contributed by atoms with Crippen LogP contribution < -0.4 is 10.6 Å². The normalized spacial score (nSPS) is 22.9. The molecule has 1 aromatic carbocycles. The van der Waals surface area contributed by atoms with E-state index in [0.29, 0.717) is 23.2 Å². The van der Waals surface area contributed by atoms with Gasteiger partial charge in [-0.25, -0.2) is 0 Å². The Labute approximate surface area is 117 Å². The number of benzene rings is 1. The lowest BCUT2D eigenvalue weighted by Gasteiger charge is -2.39. The van der Waals surface area contributed by atoms with Crippen LogP contribution in [0, 0.1) is 17.2 Å². The highest BCUT2D eigenvalue weighted by atomic mass is 35.5. The number of primary amides is 1. The van der Waals surface area contributed by atoms with Crippen LogP contribution in [-0.4, -0.2) is 18.5 Å². The average molecular weight is 278 g/mol. The molecule has 1 amide bonds. The number of piperidine rings is 1. The number of carbonyl (C=O) groups excluding carboxylic acids is 1. The number of halogens is 1. The van der Waals surface area contributed by atoms with Gasteiger partial charge in [-0.2, -0.15) is 5.26 Å². The highest BCUT2D eigenvalue weighted by Gasteiger charge is 2.29. The minimum Gasteiger partial charge on any atom is -0.369 e. The van der Waals surface area contributed by atoms with Crippen LogP contribution in [0.15, 0.2) is 18.2 Å². The van der Waals surface area contributed by atoms with Gasteiger partial charge in [0.05, 0.1) is 28.3 Å². The van der Waals surface area contributed by atoms with Crippen molar-refractivity contribution in [2.24, 2.45) is 11.7 Å². The standard InChI is InChI=1S/C14H16ClN3O/c1-9-2-4-11(14(17)19)8-18(9)13-5-3-10(7-16)6-12(13)15/h3,5-6,9,11H,2,4,8H2,1H3,(H2,17,19). The Balaban J connectivity index is 2.29. The summed E-state index contributed by atoms with van der Waals surface area (Å²) in [6, 6.07) is 7.59. The molecule has 0 spiro atoms. The molecule has 2 atom stereocenters. The lowest BCUT2D eigenvalue weighted by Crippen LogP contribution is -2.46. The molecule has 2 unspecified atom stereocenters. The van der Waals surface area contributed by atoms with Crippen molar-refractivity contribution in [1.82, 2.24) is 0 Å². The first-order chi connectivity index (χ1) is 9.02. The summed E-state index contributed by atoms with van der Waals surface area (Å²) in [6.45, 7) is 2.69. The Morgan fingerprint density at radius 2 is 2.26 bits per heavy atom. The number of rotatable bonds is 2. The van der Waals surface area contributed by atoms with Gasteiger partial charge in [0.15, 0.2) is 0 Å². The van der Waals surface area contributed by atoms with Crippen molar-refractivity contribution < 1.29 is 4.79 Å². The van der Waals surface area contributed by atoms with Crippen LogP contribution in [0.3, 0.4) is 0 Å². The van der Waals surface area contributed by atoms with E-state index in [4.69, 9.17) is 22.6 Å². The highest BCUT2D eigenvalue weighted by molar-refractivity contribution is 6.33. The number of carbonyl (C=O) groups is 1. The van der Waals surface area contributed by atoms with Gasteiger partial charge in [0, 0.05) is 12.6 Å². The molecular weight excluding hydrogens is 262 g/mol. The number of nitrogens with two attached hydrogens (primary N) is 1. The molecule has 0 saturated carbocycles. The van der Waals surface area contributed by atoms with Crippen molar-refractivity contribution in [1.29, 1.82) is 5.26 Å². The zero-order valence-corrected chi connectivity index (χ0v) is 11.5. The van der Waals surface area contributed by atoms with Crippen LogP contribution in [0.1, 0.15) is 25.3 Å². The fraction of sp³-hybridized carbons (Fsp3) is 0.429. The number of nitriles is 1. The number of amides is 1. The summed E-state index contributed by atoms with van der Waals surface area (Å²) in [5, 5.41) is 9.38. The Kier molecular flexibility index (Phi) is 3.96. The van der Waals surface area contributed by atoms with Gasteiger partial charge in [-0.05, 0) is 38.0 Å². The molecule has 1 fully saturated rings. The monoisotopic (exact) mass is 277 g/mol. The van der Waals surface area contributed by atoms with E-state index in [-0.39, 0.29) is 11.8 Å². The van der Waals surface area contributed by atoms with Gasteiger partial charge in [0.2, 0.25) is 5.91 Å². The third-order valence-electron chi connectivity index (χ3n) is 3.67. The van der Waals surface area contributed by atoms with Crippen molar-refractivity contribution in [3.05, 3.63) is 28.8 Å². The zero-order valence-electron chi connectivity index (χ0n) is 10.8. The molecule has 19 heavy (non-hydrogen) atoms. The average Bonchev–Trinajstić information content (AvgIpc) is 2.39. The summed E-state index contributed by atoms with van der Waals surface area (Å²) < 4.78 is 0. The first-order valence-electron chi connectivity index (χ1n) is 6.28. The Morgan fingerprint density at radius 3 is 2.84 bits per heavy atom. The van der Waals surface area contributed by atoms with E-state index >= 15 is 0 Å². The van der Waals surface area contributed by atoms with E-state index in [1.54, 1.807) is 12.1 Å². The van der Waals surface area contributed by atoms with E-state index in [2.05, 4.69) is 17.9 Å². The van der Waals surface area contributed by atoms with Crippen LogP contribution >= 0.6 is 11.6 Å². The Hall–Kier alpha value is -1.73. The fourth-order valence-corrected chi connectivity index (χ4v) is 2.77. The predicted molar refractivity (Wildman–Crippen MR) is 74.9 cm³/mol. The molecule has 1 saturated heterocycles. The van der Waals surface area contributed by atoms with E-state index < -0.39 is 0 Å².